The molecule has 200 valence electrons. The van der Waals surface area contributed by atoms with E-state index in [0.717, 1.165) is 30.9 Å². The van der Waals surface area contributed by atoms with Crippen LogP contribution in [0, 0.1) is 0 Å². The van der Waals surface area contributed by atoms with Crippen LogP contribution in [0.15, 0.2) is 24.4 Å². The summed E-state index contributed by atoms with van der Waals surface area (Å²) in [5, 5.41) is 5.83. The molecule has 0 saturated heterocycles. The molecule has 0 radical (unpaired) electrons. The molecule has 2 aromatic rings. The van der Waals surface area contributed by atoms with Crippen molar-refractivity contribution in [2.45, 2.75) is 50.5 Å². The van der Waals surface area contributed by atoms with E-state index in [1.807, 2.05) is 31.1 Å². The van der Waals surface area contributed by atoms with E-state index in [9.17, 15) is 21.6 Å². The van der Waals surface area contributed by atoms with Gasteiger partial charge in [0.1, 0.15) is 17.1 Å². The van der Waals surface area contributed by atoms with Gasteiger partial charge in [-0.25, -0.2) is 17.7 Å². The molecule has 1 fully saturated rings. The minimum absolute atomic E-state index is 0.0482. The van der Waals surface area contributed by atoms with Crippen LogP contribution in [0.5, 0.6) is 5.75 Å². The van der Waals surface area contributed by atoms with Gasteiger partial charge in [0.05, 0.1) is 19.1 Å². The highest BCUT2D eigenvalue weighted by Crippen LogP contribution is 2.36. The van der Waals surface area contributed by atoms with Crippen molar-refractivity contribution in [2.24, 2.45) is 0 Å². The molecule has 3 rings (SSSR count). The van der Waals surface area contributed by atoms with Crippen molar-refractivity contribution in [1.82, 2.24) is 19.2 Å². The van der Waals surface area contributed by atoms with Crippen molar-refractivity contribution in [3.63, 3.8) is 0 Å². The van der Waals surface area contributed by atoms with Crippen LogP contribution in [0.4, 0.5) is 30.6 Å². The molecule has 0 aliphatic heterocycles. The van der Waals surface area contributed by atoms with Crippen LogP contribution < -0.4 is 15.4 Å². The number of anilines is 3. The van der Waals surface area contributed by atoms with Crippen LogP contribution in [0.2, 0.25) is 0 Å². The average Bonchev–Trinajstić information content (AvgIpc) is 2.78. The van der Waals surface area contributed by atoms with Crippen molar-refractivity contribution >= 4 is 27.5 Å². The molecule has 13 heteroatoms. The molecule has 1 aromatic carbocycles. The maximum Gasteiger partial charge on any atom is 0.421 e. The zero-order valence-corrected chi connectivity index (χ0v) is 21.9. The number of nitrogens with one attached hydrogen (secondary N) is 2. The molecule has 2 unspecified atom stereocenters. The quantitative estimate of drug-likeness (QED) is 0.503. The van der Waals surface area contributed by atoms with Gasteiger partial charge in [-0.3, -0.25) is 0 Å². The molecular weight excluding hydrogens is 497 g/mol. The topological polar surface area (TPSA) is 99.7 Å². The molecule has 1 saturated carbocycles. The van der Waals surface area contributed by atoms with Crippen molar-refractivity contribution < 1.29 is 26.3 Å². The van der Waals surface area contributed by atoms with E-state index < -0.39 is 39.7 Å². The highest BCUT2D eigenvalue weighted by molar-refractivity contribution is 7.88. The van der Waals surface area contributed by atoms with E-state index in [-0.39, 0.29) is 5.95 Å². The summed E-state index contributed by atoms with van der Waals surface area (Å²) in [6, 6.07) is 4.43. The lowest BCUT2D eigenvalue weighted by molar-refractivity contribution is -0.137. The summed E-state index contributed by atoms with van der Waals surface area (Å²) in [6.45, 7) is 0.686. The van der Waals surface area contributed by atoms with Gasteiger partial charge in [-0.15, -0.1) is 0 Å². The highest BCUT2D eigenvalue weighted by Gasteiger charge is 2.38. The summed E-state index contributed by atoms with van der Waals surface area (Å²) in [5.74, 6) is 0.0458. The summed E-state index contributed by atoms with van der Waals surface area (Å²) in [5.41, 5.74) is 0.474. The van der Waals surface area contributed by atoms with E-state index in [4.69, 9.17) is 4.74 Å². The Hall–Kier alpha value is -2.64. The Balaban J connectivity index is 1.93. The minimum atomic E-state index is -4.70. The number of sulfonamides is 1. The molecule has 0 bridgehead atoms. The molecule has 1 heterocycles. The average molecular weight is 531 g/mol. The van der Waals surface area contributed by atoms with Crippen LogP contribution in [0.1, 0.15) is 36.8 Å². The van der Waals surface area contributed by atoms with Gasteiger partial charge in [-0.1, -0.05) is 18.9 Å². The molecule has 2 N–H and O–H groups in total. The van der Waals surface area contributed by atoms with E-state index in [2.05, 4.69) is 20.6 Å². The third kappa shape index (κ3) is 6.98. The largest absolute Gasteiger partial charge is 0.495 e. The second kappa shape index (κ2) is 11.2. The van der Waals surface area contributed by atoms with E-state index in [1.165, 1.54) is 18.5 Å². The van der Waals surface area contributed by atoms with Crippen LogP contribution in [0.3, 0.4) is 0 Å². The summed E-state index contributed by atoms with van der Waals surface area (Å²) in [4.78, 5) is 10.0. The van der Waals surface area contributed by atoms with E-state index in [1.54, 1.807) is 6.07 Å². The smallest absolute Gasteiger partial charge is 0.421 e. The monoisotopic (exact) mass is 530 g/mol. The highest BCUT2D eigenvalue weighted by atomic mass is 32.2. The predicted molar refractivity (Wildman–Crippen MR) is 133 cm³/mol. The number of benzene rings is 1. The molecule has 9 nitrogen and oxygen atoms in total. The van der Waals surface area contributed by atoms with Crippen molar-refractivity contribution in [2.75, 3.05) is 45.1 Å². The Morgan fingerprint density at radius 3 is 2.47 bits per heavy atom. The maximum atomic E-state index is 13.8. The first kappa shape index (κ1) is 27.9. The zero-order chi connectivity index (χ0) is 26.7. The lowest BCUT2D eigenvalue weighted by Gasteiger charge is -2.37. The third-order valence-corrected chi connectivity index (χ3v) is 7.46. The molecule has 0 amide bonds. The number of ether oxygens (including phenoxy) is 1. The lowest BCUT2D eigenvalue weighted by atomic mass is 9.90. The maximum absolute atomic E-state index is 13.8. The van der Waals surface area contributed by atoms with Crippen molar-refractivity contribution in [1.29, 1.82) is 0 Å². The Morgan fingerprint density at radius 1 is 1.17 bits per heavy atom. The first-order valence-corrected chi connectivity index (χ1v) is 13.4. The van der Waals surface area contributed by atoms with Crippen LogP contribution in [-0.4, -0.2) is 74.2 Å². The summed E-state index contributed by atoms with van der Waals surface area (Å²) >= 11 is 0. The van der Waals surface area contributed by atoms with Gasteiger partial charge in [0.15, 0.2) is 0 Å². The second-order valence-electron chi connectivity index (χ2n) is 9.23. The van der Waals surface area contributed by atoms with Gasteiger partial charge in [0, 0.05) is 31.9 Å². The first-order valence-electron chi connectivity index (χ1n) is 11.5. The lowest BCUT2D eigenvalue weighted by Crippen LogP contribution is -2.49. The SMILES string of the molecule is COc1cc(CN(C)C)ccc1Nc1ncc(C(F)(F)F)c(NC2CCCCC2N(C)S(C)(=O)=O)n1. The second-order valence-corrected chi connectivity index (χ2v) is 11.3. The number of alkyl halides is 3. The third-order valence-electron chi connectivity index (χ3n) is 6.15. The number of rotatable bonds is 9. The Morgan fingerprint density at radius 2 is 1.86 bits per heavy atom. The Labute approximate surface area is 210 Å². The van der Waals surface area contributed by atoms with Gasteiger partial charge < -0.3 is 20.3 Å². The van der Waals surface area contributed by atoms with Gasteiger partial charge >= 0.3 is 6.18 Å². The number of aromatic nitrogens is 2. The first-order chi connectivity index (χ1) is 16.8. The van der Waals surface area contributed by atoms with Gasteiger partial charge in [-0.05, 0) is 44.6 Å². The fraction of sp³-hybridized carbons (Fsp3) is 0.565. The summed E-state index contributed by atoms with van der Waals surface area (Å²) in [7, 11) is 3.30. The molecular formula is C23H33F3N6O3S. The fourth-order valence-electron chi connectivity index (χ4n) is 4.32. The number of halogens is 3. The van der Waals surface area contributed by atoms with Gasteiger partial charge in [0.25, 0.3) is 0 Å². The molecule has 1 aromatic heterocycles. The molecule has 0 spiro atoms. The van der Waals surface area contributed by atoms with E-state index in [0.29, 0.717) is 30.8 Å². The van der Waals surface area contributed by atoms with Crippen molar-refractivity contribution in [3.05, 3.63) is 35.5 Å². The van der Waals surface area contributed by atoms with Crippen LogP contribution in [0.25, 0.3) is 0 Å². The van der Waals surface area contributed by atoms with Crippen LogP contribution in [-0.2, 0) is 22.7 Å². The fourth-order valence-corrected chi connectivity index (χ4v) is 5.06. The van der Waals surface area contributed by atoms with Crippen molar-refractivity contribution in [3.8, 4) is 5.75 Å². The molecule has 2 atom stereocenters. The number of hydrogen-bond donors (Lipinski definition) is 2. The number of likely N-dealkylation sites (N-methyl/N-ethyl adjacent to an activating group) is 1. The zero-order valence-electron chi connectivity index (χ0n) is 21.1. The Bertz CT molecular complexity index is 1160. The molecule has 36 heavy (non-hydrogen) atoms. The summed E-state index contributed by atoms with van der Waals surface area (Å²) < 4.78 is 72.3. The van der Waals surface area contributed by atoms with E-state index >= 15 is 0 Å². The normalized spacial score (nSPS) is 18.9. The minimum Gasteiger partial charge on any atom is -0.495 e. The predicted octanol–water partition coefficient (Wildman–Crippen LogP) is 3.92. The summed E-state index contributed by atoms with van der Waals surface area (Å²) in [6.07, 6.45) is -0.286. The molecule has 1 aliphatic rings. The van der Waals surface area contributed by atoms with Crippen LogP contribution >= 0.6 is 0 Å². The number of nitrogens with zero attached hydrogens (tertiary/aromatic N) is 4. The molecule has 1 aliphatic carbocycles. The Kier molecular flexibility index (Phi) is 8.67. The number of methoxy groups -OCH3 is 1. The number of hydrogen-bond acceptors (Lipinski definition) is 8. The van der Waals surface area contributed by atoms with Gasteiger partial charge in [-0.2, -0.15) is 18.2 Å². The van der Waals surface area contributed by atoms with Gasteiger partial charge in [0.2, 0.25) is 16.0 Å². The standard InChI is InChI=1S/C23H33F3N6O3S/c1-31(2)14-15-10-11-18(20(12-15)35-4)29-22-27-13-16(23(24,25)26)21(30-22)28-17-8-6-7-9-19(17)32(3)36(5,33)34/h10-13,17,19H,6-9,14H2,1-5H3,(H2,27,28,29,30).